The van der Waals surface area contributed by atoms with Crippen molar-refractivity contribution in [2.75, 3.05) is 32.5 Å². The van der Waals surface area contributed by atoms with Crippen LogP contribution in [0.15, 0.2) is 0 Å². The maximum atomic E-state index is 12.5. The summed E-state index contributed by atoms with van der Waals surface area (Å²) in [7, 11) is -3.21. The highest BCUT2D eigenvalue weighted by Crippen LogP contribution is 2.39. The van der Waals surface area contributed by atoms with Crippen LogP contribution in [0.25, 0.3) is 0 Å². The Morgan fingerprint density at radius 2 is 1.90 bits per heavy atom. The van der Waals surface area contributed by atoms with Crippen LogP contribution < -0.4 is 0 Å². The number of hydrogen-bond acceptors (Lipinski definition) is 4. The standard InChI is InChI=1S/C14H24N2O4S/c1-21(18,19)16-9-4-7-14(16)6-3-8-15(11-14)13(17)12-5-2-10-20-12/h12H,2-11H2,1H3/t12-,14-/m0/s1. The fourth-order valence-corrected chi connectivity index (χ4v) is 5.52. The van der Waals surface area contributed by atoms with Gasteiger partial charge in [0.05, 0.1) is 11.8 Å². The molecule has 3 heterocycles. The number of hydrogen-bond donors (Lipinski definition) is 0. The van der Waals surface area contributed by atoms with Gasteiger partial charge in [-0.3, -0.25) is 4.79 Å². The molecule has 7 heteroatoms. The molecule has 0 aromatic carbocycles. The minimum atomic E-state index is -3.21. The van der Waals surface area contributed by atoms with Crippen molar-refractivity contribution in [3.05, 3.63) is 0 Å². The molecular formula is C14H24N2O4S. The number of rotatable bonds is 2. The first-order valence-electron chi connectivity index (χ1n) is 7.81. The number of amides is 1. The first-order valence-corrected chi connectivity index (χ1v) is 9.65. The van der Waals surface area contributed by atoms with Crippen molar-refractivity contribution in [2.24, 2.45) is 0 Å². The summed E-state index contributed by atoms with van der Waals surface area (Å²) < 4.78 is 31.2. The quantitative estimate of drug-likeness (QED) is 0.747. The maximum absolute atomic E-state index is 12.5. The van der Waals surface area contributed by atoms with Crippen molar-refractivity contribution in [1.29, 1.82) is 0 Å². The van der Waals surface area contributed by atoms with Gasteiger partial charge in [-0.05, 0) is 38.5 Å². The van der Waals surface area contributed by atoms with Gasteiger partial charge in [0.2, 0.25) is 10.0 Å². The zero-order chi connectivity index (χ0) is 15.1. The van der Waals surface area contributed by atoms with Crippen molar-refractivity contribution in [2.45, 2.75) is 50.2 Å². The second kappa shape index (κ2) is 5.52. The van der Waals surface area contributed by atoms with Gasteiger partial charge in [-0.15, -0.1) is 0 Å². The third kappa shape index (κ3) is 2.83. The molecule has 0 bridgehead atoms. The van der Waals surface area contributed by atoms with Crippen molar-refractivity contribution in [1.82, 2.24) is 9.21 Å². The van der Waals surface area contributed by atoms with Gasteiger partial charge < -0.3 is 9.64 Å². The number of likely N-dealkylation sites (tertiary alicyclic amines) is 1. The van der Waals surface area contributed by atoms with E-state index in [1.165, 1.54) is 6.26 Å². The Morgan fingerprint density at radius 3 is 2.52 bits per heavy atom. The second-order valence-electron chi connectivity index (χ2n) is 6.53. The molecule has 3 aliphatic rings. The molecule has 0 aromatic rings. The highest BCUT2D eigenvalue weighted by molar-refractivity contribution is 7.88. The van der Waals surface area contributed by atoms with Crippen LogP contribution in [0.5, 0.6) is 0 Å². The molecule has 0 saturated carbocycles. The Hall–Kier alpha value is -0.660. The predicted octanol–water partition coefficient (Wildman–Crippen LogP) is 0.582. The lowest BCUT2D eigenvalue weighted by Gasteiger charge is -2.45. The van der Waals surface area contributed by atoms with E-state index in [-0.39, 0.29) is 17.6 Å². The minimum absolute atomic E-state index is 0.0481. The Kier molecular flexibility index (Phi) is 4.00. The Balaban J connectivity index is 1.77. The molecule has 0 unspecified atom stereocenters. The molecule has 2 atom stereocenters. The molecule has 3 saturated heterocycles. The van der Waals surface area contributed by atoms with Gasteiger partial charge in [-0.1, -0.05) is 0 Å². The first-order chi connectivity index (χ1) is 9.92. The molecular weight excluding hydrogens is 292 g/mol. The molecule has 120 valence electrons. The molecule has 3 rings (SSSR count). The average Bonchev–Trinajstić information content (AvgIpc) is 3.07. The number of piperidine rings is 1. The minimum Gasteiger partial charge on any atom is -0.368 e. The van der Waals surface area contributed by atoms with Crippen molar-refractivity contribution in [3.8, 4) is 0 Å². The highest BCUT2D eigenvalue weighted by atomic mass is 32.2. The summed E-state index contributed by atoms with van der Waals surface area (Å²) in [5.41, 5.74) is -0.375. The molecule has 0 radical (unpaired) electrons. The second-order valence-corrected chi connectivity index (χ2v) is 8.43. The summed E-state index contributed by atoms with van der Waals surface area (Å²) in [6.07, 6.45) is 6.15. The average molecular weight is 316 g/mol. The number of carbonyl (C=O) groups is 1. The number of ether oxygens (including phenoxy) is 1. The number of carbonyl (C=O) groups excluding carboxylic acids is 1. The predicted molar refractivity (Wildman–Crippen MR) is 78.3 cm³/mol. The van der Waals surface area contributed by atoms with Crippen molar-refractivity contribution < 1.29 is 17.9 Å². The van der Waals surface area contributed by atoms with E-state index in [1.807, 2.05) is 4.90 Å². The van der Waals surface area contributed by atoms with E-state index in [4.69, 9.17) is 4.74 Å². The Labute approximate surface area is 126 Å². The third-order valence-corrected chi connectivity index (χ3v) is 6.38. The van der Waals surface area contributed by atoms with Crippen LogP contribution in [0.1, 0.15) is 38.5 Å². The fraction of sp³-hybridized carbons (Fsp3) is 0.929. The van der Waals surface area contributed by atoms with Gasteiger partial charge in [0.25, 0.3) is 5.91 Å². The largest absolute Gasteiger partial charge is 0.368 e. The molecule has 3 aliphatic heterocycles. The lowest BCUT2D eigenvalue weighted by Crippen LogP contribution is -2.59. The van der Waals surface area contributed by atoms with E-state index in [9.17, 15) is 13.2 Å². The third-order valence-electron chi connectivity index (χ3n) is 5.00. The van der Waals surface area contributed by atoms with Crippen LogP contribution in [0, 0.1) is 0 Å². The SMILES string of the molecule is CS(=O)(=O)N1CCC[C@]12CCCN(C(=O)[C@@H]1CCCO1)C2. The van der Waals surface area contributed by atoms with Gasteiger partial charge in [-0.25, -0.2) is 8.42 Å². The topological polar surface area (TPSA) is 66.9 Å². The summed E-state index contributed by atoms with van der Waals surface area (Å²) >= 11 is 0. The van der Waals surface area contributed by atoms with Crippen LogP contribution in [0.4, 0.5) is 0 Å². The van der Waals surface area contributed by atoms with Gasteiger partial charge in [0.15, 0.2) is 0 Å². The molecule has 3 fully saturated rings. The van der Waals surface area contributed by atoms with E-state index in [1.54, 1.807) is 4.31 Å². The summed E-state index contributed by atoms with van der Waals surface area (Å²) in [6.45, 7) is 2.49. The van der Waals surface area contributed by atoms with Gasteiger partial charge in [0, 0.05) is 26.2 Å². The number of nitrogens with zero attached hydrogens (tertiary/aromatic N) is 2. The van der Waals surface area contributed by atoms with Crippen molar-refractivity contribution >= 4 is 15.9 Å². The van der Waals surface area contributed by atoms with E-state index in [0.717, 1.165) is 45.1 Å². The molecule has 0 N–H and O–H groups in total. The van der Waals surface area contributed by atoms with Crippen LogP contribution in [0.2, 0.25) is 0 Å². The molecule has 1 spiro atoms. The van der Waals surface area contributed by atoms with Crippen LogP contribution in [-0.4, -0.2) is 67.7 Å². The summed E-state index contributed by atoms with van der Waals surface area (Å²) in [5.74, 6) is 0.0481. The normalized spacial score (nSPS) is 34.7. The van der Waals surface area contributed by atoms with Crippen LogP contribution in [-0.2, 0) is 19.6 Å². The molecule has 0 aliphatic carbocycles. The molecule has 6 nitrogen and oxygen atoms in total. The lowest BCUT2D eigenvalue weighted by molar-refractivity contribution is -0.144. The Bertz CT molecular complexity index is 515. The van der Waals surface area contributed by atoms with Crippen molar-refractivity contribution in [3.63, 3.8) is 0 Å². The van der Waals surface area contributed by atoms with E-state index >= 15 is 0 Å². The summed E-state index contributed by atoms with van der Waals surface area (Å²) in [4.78, 5) is 14.4. The van der Waals surface area contributed by atoms with Crippen LogP contribution >= 0.6 is 0 Å². The summed E-state index contributed by atoms with van der Waals surface area (Å²) in [6, 6.07) is 0. The summed E-state index contributed by atoms with van der Waals surface area (Å²) in [5, 5.41) is 0. The first kappa shape index (κ1) is 15.2. The lowest BCUT2D eigenvalue weighted by atomic mass is 9.87. The van der Waals surface area contributed by atoms with Crippen LogP contribution in [0.3, 0.4) is 0 Å². The zero-order valence-electron chi connectivity index (χ0n) is 12.6. The Morgan fingerprint density at radius 1 is 1.19 bits per heavy atom. The van der Waals surface area contributed by atoms with E-state index in [2.05, 4.69) is 0 Å². The zero-order valence-corrected chi connectivity index (χ0v) is 13.4. The molecule has 1 amide bonds. The molecule has 0 aromatic heterocycles. The number of sulfonamides is 1. The monoisotopic (exact) mass is 316 g/mol. The maximum Gasteiger partial charge on any atom is 0.251 e. The highest BCUT2D eigenvalue weighted by Gasteiger charge is 2.49. The fourth-order valence-electron chi connectivity index (χ4n) is 4.12. The van der Waals surface area contributed by atoms with E-state index in [0.29, 0.717) is 19.7 Å². The molecule has 21 heavy (non-hydrogen) atoms. The van der Waals surface area contributed by atoms with Gasteiger partial charge >= 0.3 is 0 Å². The smallest absolute Gasteiger partial charge is 0.251 e. The van der Waals surface area contributed by atoms with E-state index < -0.39 is 10.0 Å². The van der Waals surface area contributed by atoms with Gasteiger partial charge in [-0.2, -0.15) is 4.31 Å². The van der Waals surface area contributed by atoms with Gasteiger partial charge in [0.1, 0.15) is 6.10 Å².